The molecule has 0 aliphatic carbocycles. The minimum atomic E-state index is 0.109. The van der Waals surface area contributed by atoms with Gasteiger partial charge >= 0.3 is 0 Å². The largest absolute Gasteiger partial charge is 0.338 e. The summed E-state index contributed by atoms with van der Waals surface area (Å²) in [6, 6.07) is 0.109. The van der Waals surface area contributed by atoms with Gasteiger partial charge in [-0.15, -0.1) is 0 Å². The van der Waals surface area contributed by atoms with E-state index in [9.17, 15) is 0 Å². The second-order valence-corrected chi connectivity index (χ2v) is 5.98. The highest BCUT2D eigenvalue weighted by atomic mass is 16.5. The minimum Gasteiger partial charge on any atom is -0.338 e. The molecule has 5 heteroatoms. The molecule has 19 heavy (non-hydrogen) atoms. The highest BCUT2D eigenvalue weighted by molar-refractivity contribution is 5.27. The molecule has 2 N–H and O–H groups in total. The zero-order valence-corrected chi connectivity index (χ0v) is 12.1. The Morgan fingerprint density at radius 1 is 1.21 bits per heavy atom. The summed E-state index contributed by atoms with van der Waals surface area (Å²) in [4.78, 5) is 6.72. The van der Waals surface area contributed by atoms with Gasteiger partial charge in [-0.3, -0.25) is 0 Å². The Labute approximate surface area is 115 Å². The standard InChI is InChI=1S/C14H26N4O/c1-11(2)9-12(15)10-13-16-14(17-19-13)18-7-5-3-4-6-8-18/h11-12H,3-10,15H2,1-2H3. The summed E-state index contributed by atoms with van der Waals surface area (Å²) in [5, 5.41) is 4.10. The van der Waals surface area contributed by atoms with E-state index in [-0.39, 0.29) is 6.04 Å². The van der Waals surface area contributed by atoms with E-state index in [1.807, 2.05) is 0 Å². The molecule has 1 unspecified atom stereocenters. The molecule has 0 spiro atoms. The summed E-state index contributed by atoms with van der Waals surface area (Å²) >= 11 is 0. The first kappa shape index (κ1) is 14.3. The van der Waals surface area contributed by atoms with Gasteiger partial charge in [0, 0.05) is 25.6 Å². The third kappa shape index (κ3) is 4.49. The van der Waals surface area contributed by atoms with Crippen molar-refractivity contribution in [2.45, 2.75) is 58.4 Å². The van der Waals surface area contributed by atoms with Crippen LogP contribution in [0.2, 0.25) is 0 Å². The van der Waals surface area contributed by atoms with Gasteiger partial charge in [0.1, 0.15) is 0 Å². The molecule has 1 saturated heterocycles. The maximum Gasteiger partial charge on any atom is 0.266 e. The monoisotopic (exact) mass is 266 g/mol. The normalized spacial score (nSPS) is 18.6. The lowest BCUT2D eigenvalue weighted by Gasteiger charge is -2.16. The molecule has 2 heterocycles. The van der Waals surface area contributed by atoms with Crippen molar-refractivity contribution < 1.29 is 4.52 Å². The fraction of sp³-hybridized carbons (Fsp3) is 0.857. The molecule has 1 aliphatic heterocycles. The molecule has 0 radical (unpaired) electrons. The Morgan fingerprint density at radius 3 is 2.53 bits per heavy atom. The topological polar surface area (TPSA) is 68.2 Å². The molecule has 5 nitrogen and oxygen atoms in total. The molecule has 1 aromatic rings. The molecular formula is C14H26N4O. The number of hydrogen-bond acceptors (Lipinski definition) is 5. The number of aromatic nitrogens is 2. The summed E-state index contributed by atoms with van der Waals surface area (Å²) in [5.74, 6) is 2.02. The van der Waals surface area contributed by atoms with Gasteiger partial charge in [-0.2, -0.15) is 4.98 Å². The predicted molar refractivity (Wildman–Crippen MR) is 76.1 cm³/mol. The zero-order chi connectivity index (χ0) is 13.7. The van der Waals surface area contributed by atoms with Gasteiger partial charge in [0.15, 0.2) is 0 Å². The summed E-state index contributed by atoms with van der Waals surface area (Å²) in [6.07, 6.45) is 6.72. The first-order valence-corrected chi connectivity index (χ1v) is 7.48. The highest BCUT2D eigenvalue weighted by Crippen LogP contribution is 2.17. The molecule has 0 saturated carbocycles. The molecule has 0 amide bonds. The van der Waals surface area contributed by atoms with Crippen molar-refractivity contribution in [1.82, 2.24) is 10.1 Å². The molecule has 0 bridgehead atoms. The maximum absolute atomic E-state index is 6.08. The van der Waals surface area contributed by atoms with Gasteiger partial charge in [0.05, 0.1) is 0 Å². The number of rotatable bonds is 5. The number of anilines is 1. The van der Waals surface area contributed by atoms with Crippen LogP contribution in [0.4, 0.5) is 5.95 Å². The van der Waals surface area contributed by atoms with Gasteiger partial charge in [0.2, 0.25) is 5.89 Å². The van der Waals surface area contributed by atoms with Crippen LogP contribution >= 0.6 is 0 Å². The van der Waals surface area contributed by atoms with Crippen LogP contribution in [0.15, 0.2) is 4.52 Å². The Balaban J connectivity index is 1.90. The number of hydrogen-bond donors (Lipinski definition) is 1. The summed E-state index contributed by atoms with van der Waals surface area (Å²) in [6.45, 7) is 6.43. The van der Waals surface area contributed by atoms with E-state index >= 15 is 0 Å². The van der Waals surface area contributed by atoms with Gasteiger partial charge in [-0.25, -0.2) is 0 Å². The van der Waals surface area contributed by atoms with E-state index in [1.165, 1.54) is 25.7 Å². The van der Waals surface area contributed by atoms with Crippen LogP contribution in [-0.2, 0) is 6.42 Å². The van der Waals surface area contributed by atoms with E-state index < -0.39 is 0 Å². The molecular weight excluding hydrogens is 240 g/mol. The lowest BCUT2D eigenvalue weighted by Crippen LogP contribution is -2.26. The Kier molecular flexibility index (Phi) is 5.19. The van der Waals surface area contributed by atoms with Gasteiger partial charge in [-0.1, -0.05) is 26.7 Å². The highest BCUT2D eigenvalue weighted by Gasteiger charge is 2.17. The third-order valence-electron chi connectivity index (χ3n) is 3.56. The van der Waals surface area contributed by atoms with Gasteiger partial charge in [-0.05, 0) is 30.3 Å². The van der Waals surface area contributed by atoms with Crippen LogP contribution in [0.5, 0.6) is 0 Å². The molecule has 1 fully saturated rings. The molecule has 0 aromatic carbocycles. The Morgan fingerprint density at radius 2 is 1.89 bits per heavy atom. The van der Waals surface area contributed by atoms with E-state index in [0.29, 0.717) is 18.2 Å². The SMILES string of the molecule is CC(C)CC(N)Cc1nc(N2CCCCCC2)no1. The van der Waals surface area contributed by atoms with Crippen molar-refractivity contribution in [3.63, 3.8) is 0 Å². The Hall–Kier alpha value is -1.10. The first-order chi connectivity index (χ1) is 9.15. The fourth-order valence-electron chi connectivity index (χ4n) is 2.64. The van der Waals surface area contributed by atoms with Crippen molar-refractivity contribution >= 4 is 5.95 Å². The van der Waals surface area contributed by atoms with E-state index in [2.05, 4.69) is 28.9 Å². The Bertz CT molecular complexity index is 369. The van der Waals surface area contributed by atoms with Crippen molar-refractivity contribution in [2.24, 2.45) is 11.7 Å². The number of nitrogens with zero attached hydrogens (tertiary/aromatic N) is 3. The van der Waals surface area contributed by atoms with Crippen molar-refractivity contribution in [1.29, 1.82) is 0 Å². The van der Waals surface area contributed by atoms with Crippen molar-refractivity contribution in [2.75, 3.05) is 18.0 Å². The second-order valence-electron chi connectivity index (χ2n) is 5.98. The smallest absolute Gasteiger partial charge is 0.266 e. The molecule has 108 valence electrons. The second kappa shape index (κ2) is 6.89. The van der Waals surface area contributed by atoms with E-state index in [0.717, 1.165) is 25.5 Å². The summed E-state index contributed by atoms with van der Waals surface area (Å²) in [7, 11) is 0. The first-order valence-electron chi connectivity index (χ1n) is 7.48. The van der Waals surface area contributed by atoms with Crippen LogP contribution in [-0.4, -0.2) is 29.3 Å². The van der Waals surface area contributed by atoms with Crippen LogP contribution in [0, 0.1) is 5.92 Å². The number of nitrogens with two attached hydrogens (primary N) is 1. The van der Waals surface area contributed by atoms with Gasteiger partial charge in [0.25, 0.3) is 5.95 Å². The summed E-state index contributed by atoms with van der Waals surface area (Å²) in [5.41, 5.74) is 6.08. The van der Waals surface area contributed by atoms with Crippen molar-refractivity contribution in [3.05, 3.63) is 5.89 Å². The van der Waals surface area contributed by atoms with Gasteiger partial charge < -0.3 is 15.2 Å². The third-order valence-corrected chi connectivity index (χ3v) is 3.56. The molecule has 1 aromatic heterocycles. The van der Waals surface area contributed by atoms with Crippen LogP contribution in [0.25, 0.3) is 0 Å². The predicted octanol–water partition coefficient (Wildman–Crippen LogP) is 2.37. The molecule has 2 rings (SSSR count). The average Bonchev–Trinajstić information content (AvgIpc) is 2.63. The quantitative estimate of drug-likeness (QED) is 0.886. The minimum absolute atomic E-state index is 0.109. The molecule has 1 aliphatic rings. The van der Waals surface area contributed by atoms with E-state index in [4.69, 9.17) is 10.3 Å². The van der Waals surface area contributed by atoms with Crippen LogP contribution < -0.4 is 10.6 Å². The average molecular weight is 266 g/mol. The maximum atomic E-state index is 6.08. The lowest BCUT2D eigenvalue weighted by atomic mass is 10.0. The zero-order valence-electron chi connectivity index (χ0n) is 12.1. The lowest BCUT2D eigenvalue weighted by molar-refractivity contribution is 0.358. The summed E-state index contributed by atoms with van der Waals surface area (Å²) < 4.78 is 5.33. The molecule has 1 atom stereocenters. The van der Waals surface area contributed by atoms with Crippen molar-refractivity contribution in [3.8, 4) is 0 Å². The van der Waals surface area contributed by atoms with Crippen LogP contribution in [0.1, 0.15) is 51.8 Å². The van der Waals surface area contributed by atoms with Crippen LogP contribution in [0.3, 0.4) is 0 Å². The van der Waals surface area contributed by atoms with E-state index in [1.54, 1.807) is 0 Å². The fourth-order valence-corrected chi connectivity index (χ4v) is 2.64.